The number of rotatable bonds is 0. The van der Waals surface area contributed by atoms with Crippen molar-refractivity contribution in [2.45, 2.75) is 64.3 Å². The second kappa shape index (κ2) is 3.83. The molecule has 0 amide bonds. The van der Waals surface area contributed by atoms with Gasteiger partial charge in [-0.2, -0.15) is 0 Å². The number of carbonyl (C=O) groups excluding carboxylic acids is 1. The summed E-state index contributed by atoms with van der Waals surface area (Å²) in [6, 6.07) is 0. The van der Waals surface area contributed by atoms with Gasteiger partial charge >= 0.3 is 5.97 Å². The minimum atomic E-state index is -0.780. The van der Waals surface area contributed by atoms with Crippen molar-refractivity contribution in [3.63, 3.8) is 0 Å². The third-order valence-electron chi connectivity index (χ3n) is 5.71. The Labute approximate surface area is 113 Å². The molecule has 0 aromatic heterocycles. The van der Waals surface area contributed by atoms with Crippen LogP contribution in [0.3, 0.4) is 0 Å². The Morgan fingerprint density at radius 3 is 2.74 bits per heavy atom. The highest BCUT2D eigenvalue weighted by molar-refractivity contribution is 5.91. The molecule has 3 rings (SSSR count). The van der Waals surface area contributed by atoms with Gasteiger partial charge in [0.2, 0.25) is 0 Å². The lowest BCUT2D eigenvalue weighted by Gasteiger charge is -2.55. The molecule has 0 saturated heterocycles. The van der Waals surface area contributed by atoms with E-state index in [0.717, 1.165) is 5.57 Å². The smallest absolute Gasteiger partial charge is 0.334 e. The zero-order valence-electron chi connectivity index (χ0n) is 11.8. The summed E-state index contributed by atoms with van der Waals surface area (Å²) in [7, 11) is 0. The summed E-state index contributed by atoms with van der Waals surface area (Å²) in [5.41, 5.74) is 0.573. The molecule has 19 heavy (non-hydrogen) atoms. The average molecular weight is 266 g/mol. The summed E-state index contributed by atoms with van der Waals surface area (Å²) in [4.78, 5) is 11.7. The highest BCUT2D eigenvalue weighted by Crippen LogP contribution is 2.57. The van der Waals surface area contributed by atoms with Crippen LogP contribution >= 0.6 is 0 Å². The molecule has 5 atom stereocenters. The predicted octanol–water partition coefficient (Wildman–Crippen LogP) is 1.55. The van der Waals surface area contributed by atoms with Crippen LogP contribution in [0.4, 0.5) is 0 Å². The molecule has 106 valence electrons. The Morgan fingerprint density at radius 2 is 2.05 bits per heavy atom. The lowest BCUT2D eigenvalue weighted by atomic mass is 9.52. The molecule has 0 unspecified atom stereocenters. The summed E-state index contributed by atoms with van der Waals surface area (Å²) < 4.78 is 5.40. The van der Waals surface area contributed by atoms with Gasteiger partial charge < -0.3 is 14.9 Å². The molecule has 2 fully saturated rings. The van der Waals surface area contributed by atoms with Gasteiger partial charge in [0.25, 0.3) is 0 Å². The summed E-state index contributed by atoms with van der Waals surface area (Å²) >= 11 is 0. The van der Waals surface area contributed by atoms with E-state index in [0.29, 0.717) is 31.3 Å². The van der Waals surface area contributed by atoms with Gasteiger partial charge in [-0.05, 0) is 51.0 Å². The number of esters is 1. The van der Waals surface area contributed by atoms with Crippen LogP contribution in [0.2, 0.25) is 0 Å². The quantitative estimate of drug-likeness (QED) is 0.653. The van der Waals surface area contributed by atoms with Crippen LogP contribution in [0.5, 0.6) is 0 Å². The molecule has 0 aromatic carbocycles. The average Bonchev–Trinajstić information content (AvgIpc) is 2.59. The second-order valence-electron chi connectivity index (χ2n) is 6.92. The lowest BCUT2D eigenvalue weighted by Crippen LogP contribution is -2.58. The lowest BCUT2D eigenvalue weighted by molar-refractivity contribution is -0.175. The Bertz CT molecular complexity index is 465. The minimum Gasteiger partial charge on any atom is -0.454 e. The third-order valence-corrected chi connectivity index (χ3v) is 5.71. The van der Waals surface area contributed by atoms with E-state index < -0.39 is 11.7 Å². The molecule has 0 bridgehead atoms. The van der Waals surface area contributed by atoms with Gasteiger partial charge in [-0.25, -0.2) is 4.79 Å². The maximum atomic E-state index is 11.7. The highest BCUT2D eigenvalue weighted by atomic mass is 16.5. The Morgan fingerprint density at radius 1 is 1.37 bits per heavy atom. The van der Waals surface area contributed by atoms with E-state index in [2.05, 4.69) is 0 Å². The fourth-order valence-corrected chi connectivity index (χ4v) is 4.34. The first kappa shape index (κ1) is 13.1. The van der Waals surface area contributed by atoms with Crippen molar-refractivity contribution >= 4 is 5.97 Å². The van der Waals surface area contributed by atoms with Crippen LogP contribution in [-0.4, -0.2) is 34.0 Å². The number of aliphatic hydroxyl groups is 2. The van der Waals surface area contributed by atoms with E-state index in [1.165, 1.54) is 0 Å². The van der Waals surface area contributed by atoms with E-state index in [1.54, 1.807) is 6.92 Å². The number of carbonyl (C=O) groups is 1. The molecule has 2 aliphatic carbocycles. The highest BCUT2D eigenvalue weighted by Gasteiger charge is 2.58. The largest absolute Gasteiger partial charge is 0.454 e. The van der Waals surface area contributed by atoms with Gasteiger partial charge in [0, 0.05) is 11.0 Å². The van der Waals surface area contributed by atoms with Gasteiger partial charge in [0.15, 0.2) is 0 Å². The number of ether oxygens (including phenoxy) is 1. The zero-order chi connectivity index (χ0) is 14.0. The fourth-order valence-electron chi connectivity index (χ4n) is 4.34. The Balaban J connectivity index is 2.02. The summed E-state index contributed by atoms with van der Waals surface area (Å²) in [6.45, 7) is 5.68. The van der Waals surface area contributed by atoms with Crippen LogP contribution in [0.25, 0.3) is 0 Å². The van der Waals surface area contributed by atoms with E-state index in [-0.39, 0.29) is 23.4 Å². The van der Waals surface area contributed by atoms with Crippen molar-refractivity contribution in [1.29, 1.82) is 0 Å². The zero-order valence-corrected chi connectivity index (χ0v) is 11.8. The first-order valence-electron chi connectivity index (χ1n) is 7.07. The van der Waals surface area contributed by atoms with E-state index in [1.807, 2.05) is 13.8 Å². The SMILES string of the molecule is CC1=C2C[C@H]3[C@@](C)(C[C@@H]2OC1=O)[C@@H](O)CC[C@]3(C)O. The number of aliphatic hydroxyl groups excluding tert-OH is 1. The molecule has 1 heterocycles. The van der Waals surface area contributed by atoms with Crippen LogP contribution in [-0.2, 0) is 9.53 Å². The Kier molecular flexibility index (Phi) is 2.64. The monoisotopic (exact) mass is 266 g/mol. The summed E-state index contributed by atoms with van der Waals surface area (Å²) in [5.74, 6) is -0.254. The molecule has 4 nitrogen and oxygen atoms in total. The van der Waals surface area contributed by atoms with Crippen molar-refractivity contribution in [1.82, 2.24) is 0 Å². The van der Waals surface area contributed by atoms with Crippen LogP contribution in [0.1, 0.15) is 46.5 Å². The Hall–Kier alpha value is -0.870. The van der Waals surface area contributed by atoms with Gasteiger partial charge in [-0.1, -0.05) is 6.92 Å². The second-order valence-corrected chi connectivity index (χ2v) is 6.92. The molecule has 4 heteroatoms. The maximum Gasteiger partial charge on any atom is 0.334 e. The first-order chi connectivity index (χ1) is 8.75. The topological polar surface area (TPSA) is 66.8 Å². The molecule has 0 aromatic rings. The van der Waals surface area contributed by atoms with Crippen molar-refractivity contribution < 1.29 is 19.7 Å². The summed E-state index contributed by atoms with van der Waals surface area (Å²) in [6.07, 6.45) is 1.87. The van der Waals surface area contributed by atoms with Gasteiger partial charge in [0.05, 0.1) is 11.7 Å². The standard InChI is InChI=1S/C15H22O4/c1-8-9-6-11-14(2,7-10(9)19-13(8)17)12(16)4-5-15(11,3)18/h10-12,16,18H,4-7H2,1-3H3/t10-,11-,12-,14+,15-/m0/s1. The predicted molar refractivity (Wildman–Crippen MR) is 69.3 cm³/mol. The normalized spacial score (nSPS) is 49.7. The summed E-state index contributed by atoms with van der Waals surface area (Å²) in [5, 5.41) is 21.0. The van der Waals surface area contributed by atoms with Crippen LogP contribution in [0, 0.1) is 11.3 Å². The van der Waals surface area contributed by atoms with Crippen molar-refractivity contribution in [3.05, 3.63) is 11.1 Å². The van der Waals surface area contributed by atoms with Crippen molar-refractivity contribution in [3.8, 4) is 0 Å². The molecular formula is C15H22O4. The molecular weight excluding hydrogens is 244 g/mol. The van der Waals surface area contributed by atoms with Crippen LogP contribution in [0.15, 0.2) is 11.1 Å². The van der Waals surface area contributed by atoms with Crippen molar-refractivity contribution in [2.75, 3.05) is 0 Å². The molecule has 0 spiro atoms. The first-order valence-corrected chi connectivity index (χ1v) is 7.07. The molecule has 2 N–H and O–H groups in total. The van der Waals surface area contributed by atoms with E-state index >= 15 is 0 Å². The minimum absolute atomic E-state index is 0.0144. The fraction of sp³-hybridized carbons (Fsp3) is 0.800. The van der Waals surface area contributed by atoms with Gasteiger partial charge in [-0.3, -0.25) is 0 Å². The molecule has 1 aliphatic heterocycles. The van der Waals surface area contributed by atoms with Crippen LogP contribution < -0.4 is 0 Å². The third kappa shape index (κ3) is 1.69. The molecule has 0 radical (unpaired) electrons. The van der Waals surface area contributed by atoms with E-state index in [9.17, 15) is 15.0 Å². The molecule has 3 aliphatic rings. The van der Waals surface area contributed by atoms with Gasteiger partial charge in [0.1, 0.15) is 6.10 Å². The maximum absolute atomic E-state index is 11.7. The number of hydrogen-bond donors (Lipinski definition) is 2. The number of fused-ring (bicyclic) bond motifs is 2. The van der Waals surface area contributed by atoms with Crippen molar-refractivity contribution in [2.24, 2.45) is 11.3 Å². The van der Waals surface area contributed by atoms with E-state index in [4.69, 9.17) is 4.74 Å². The number of hydrogen-bond acceptors (Lipinski definition) is 4. The van der Waals surface area contributed by atoms with Gasteiger partial charge in [-0.15, -0.1) is 0 Å². The molecule has 2 saturated carbocycles.